The van der Waals surface area contributed by atoms with Gasteiger partial charge in [-0.05, 0) is 6.08 Å². The molecule has 0 aliphatic carbocycles. The standard InChI is InChI=1S/C6H10N6O2/c7-6(10-12(13)14)9-5-11-3-1-2-8-4-11/h1-3H,4-5H2,(H3,7,9,10). The lowest BCUT2D eigenvalue weighted by molar-refractivity contribution is -0.525. The minimum atomic E-state index is -0.761. The van der Waals surface area contributed by atoms with Crippen LogP contribution in [0.5, 0.6) is 0 Å². The van der Waals surface area contributed by atoms with E-state index in [2.05, 4.69) is 9.98 Å². The smallest absolute Gasteiger partial charge is 0.253 e. The van der Waals surface area contributed by atoms with E-state index in [1.165, 1.54) is 0 Å². The fourth-order valence-electron chi connectivity index (χ4n) is 0.808. The van der Waals surface area contributed by atoms with Crippen LogP contribution in [0.3, 0.4) is 0 Å². The zero-order valence-corrected chi connectivity index (χ0v) is 7.33. The van der Waals surface area contributed by atoms with Crippen LogP contribution >= 0.6 is 0 Å². The summed E-state index contributed by atoms with van der Waals surface area (Å²) < 4.78 is 0. The molecule has 0 saturated carbocycles. The van der Waals surface area contributed by atoms with Crippen molar-refractivity contribution in [2.45, 2.75) is 0 Å². The average Bonchev–Trinajstić information content (AvgIpc) is 2.15. The zero-order chi connectivity index (χ0) is 10.4. The van der Waals surface area contributed by atoms with Crippen LogP contribution < -0.4 is 11.2 Å². The van der Waals surface area contributed by atoms with Gasteiger partial charge in [0, 0.05) is 12.4 Å². The SMILES string of the molecule is N/C(=N/CN1C=CC=NC1)N[N+](=O)[O-]. The van der Waals surface area contributed by atoms with Crippen molar-refractivity contribution in [1.82, 2.24) is 10.3 Å². The molecule has 1 aliphatic rings. The van der Waals surface area contributed by atoms with Crippen LogP contribution in [0.15, 0.2) is 22.3 Å². The zero-order valence-electron chi connectivity index (χ0n) is 7.33. The van der Waals surface area contributed by atoms with Crippen molar-refractivity contribution in [3.63, 3.8) is 0 Å². The van der Waals surface area contributed by atoms with Crippen molar-refractivity contribution in [2.24, 2.45) is 15.7 Å². The Kier molecular flexibility index (Phi) is 3.41. The number of nitrogens with two attached hydrogens (primary N) is 1. The summed E-state index contributed by atoms with van der Waals surface area (Å²) in [5, 5.41) is 9.18. The first-order chi connectivity index (χ1) is 6.68. The second-order valence-corrected chi connectivity index (χ2v) is 2.46. The third-order valence-corrected chi connectivity index (χ3v) is 1.38. The van der Waals surface area contributed by atoms with Gasteiger partial charge in [0.15, 0.2) is 5.03 Å². The molecule has 0 bridgehead atoms. The van der Waals surface area contributed by atoms with Gasteiger partial charge in [0.1, 0.15) is 13.3 Å². The maximum Gasteiger partial charge on any atom is 0.253 e. The van der Waals surface area contributed by atoms with E-state index >= 15 is 0 Å². The maximum atomic E-state index is 9.94. The Morgan fingerprint density at radius 3 is 3.21 bits per heavy atom. The Morgan fingerprint density at radius 1 is 1.86 bits per heavy atom. The van der Waals surface area contributed by atoms with Crippen molar-refractivity contribution in [3.8, 4) is 0 Å². The van der Waals surface area contributed by atoms with E-state index in [0.29, 0.717) is 6.67 Å². The molecule has 0 aromatic carbocycles. The number of hydrogen-bond donors (Lipinski definition) is 2. The van der Waals surface area contributed by atoms with Gasteiger partial charge < -0.3 is 10.6 Å². The monoisotopic (exact) mass is 198 g/mol. The number of nitrogens with zero attached hydrogens (tertiary/aromatic N) is 4. The first kappa shape index (κ1) is 9.96. The predicted molar refractivity (Wildman–Crippen MR) is 51.0 cm³/mol. The summed E-state index contributed by atoms with van der Waals surface area (Å²) >= 11 is 0. The van der Waals surface area contributed by atoms with Crippen molar-refractivity contribution in [2.75, 3.05) is 13.3 Å². The molecule has 0 atom stereocenters. The van der Waals surface area contributed by atoms with Gasteiger partial charge in [0.05, 0.1) is 0 Å². The van der Waals surface area contributed by atoms with Gasteiger partial charge in [-0.25, -0.2) is 15.1 Å². The lowest BCUT2D eigenvalue weighted by Crippen LogP contribution is -2.37. The molecule has 0 aromatic heterocycles. The van der Waals surface area contributed by atoms with Crippen LogP contribution in [0.4, 0.5) is 0 Å². The molecule has 0 fully saturated rings. The maximum absolute atomic E-state index is 9.94. The lowest BCUT2D eigenvalue weighted by atomic mass is 10.5. The van der Waals surface area contributed by atoms with Crippen LogP contribution in [0.2, 0.25) is 0 Å². The third-order valence-electron chi connectivity index (χ3n) is 1.38. The van der Waals surface area contributed by atoms with Crippen molar-refractivity contribution < 1.29 is 5.03 Å². The van der Waals surface area contributed by atoms with Crippen LogP contribution in [0.25, 0.3) is 0 Å². The Morgan fingerprint density at radius 2 is 2.64 bits per heavy atom. The molecule has 1 rings (SSSR count). The molecular formula is C6H10N6O2. The summed E-state index contributed by atoms with van der Waals surface area (Å²) in [7, 11) is 0. The van der Waals surface area contributed by atoms with Gasteiger partial charge >= 0.3 is 0 Å². The summed E-state index contributed by atoms with van der Waals surface area (Å²) in [6.45, 7) is 0.715. The van der Waals surface area contributed by atoms with Gasteiger partial charge in [-0.2, -0.15) is 0 Å². The first-order valence-electron chi connectivity index (χ1n) is 3.80. The largest absolute Gasteiger partial charge is 0.365 e. The number of rotatable bonds is 3. The summed E-state index contributed by atoms with van der Waals surface area (Å²) in [4.78, 5) is 19.4. The van der Waals surface area contributed by atoms with Crippen LogP contribution in [0, 0.1) is 10.1 Å². The van der Waals surface area contributed by atoms with Crippen molar-refractivity contribution >= 4 is 12.2 Å². The molecule has 3 N–H and O–H groups in total. The molecular weight excluding hydrogens is 188 g/mol. The van der Waals surface area contributed by atoms with E-state index in [-0.39, 0.29) is 12.6 Å². The van der Waals surface area contributed by atoms with E-state index in [1.54, 1.807) is 28.8 Å². The summed E-state index contributed by atoms with van der Waals surface area (Å²) in [5.74, 6) is -0.224. The highest BCUT2D eigenvalue weighted by atomic mass is 16.7. The van der Waals surface area contributed by atoms with Crippen LogP contribution in [0.1, 0.15) is 0 Å². The molecule has 1 aliphatic heterocycles. The lowest BCUT2D eigenvalue weighted by Gasteiger charge is -2.16. The number of allylic oxidation sites excluding steroid dienone is 1. The number of hydrazine groups is 1. The normalized spacial score (nSPS) is 15.7. The molecule has 0 saturated heterocycles. The molecule has 8 heteroatoms. The minimum Gasteiger partial charge on any atom is -0.365 e. The molecule has 0 radical (unpaired) electrons. The molecule has 0 spiro atoms. The van der Waals surface area contributed by atoms with Gasteiger partial charge in [-0.15, -0.1) is 0 Å². The second kappa shape index (κ2) is 4.80. The fraction of sp³-hybridized carbons (Fsp3) is 0.333. The Labute approximate surface area is 79.9 Å². The number of nitro groups is 1. The average molecular weight is 198 g/mol. The highest BCUT2D eigenvalue weighted by Gasteiger charge is 2.01. The van der Waals surface area contributed by atoms with Gasteiger partial charge in [0.25, 0.3) is 5.96 Å². The summed E-state index contributed by atoms with van der Waals surface area (Å²) in [6, 6.07) is 0. The van der Waals surface area contributed by atoms with Crippen molar-refractivity contribution in [3.05, 3.63) is 22.4 Å². The minimum absolute atomic E-state index is 0.224. The quantitative estimate of drug-likeness (QED) is 0.259. The van der Waals surface area contributed by atoms with E-state index in [4.69, 9.17) is 5.73 Å². The third kappa shape index (κ3) is 3.52. The summed E-state index contributed by atoms with van der Waals surface area (Å²) in [6.07, 6.45) is 5.19. The molecule has 0 aromatic rings. The van der Waals surface area contributed by atoms with E-state index < -0.39 is 5.03 Å². The molecule has 0 amide bonds. The number of nitrogens with one attached hydrogen (secondary N) is 1. The highest BCUT2D eigenvalue weighted by molar-refractivity contribution is 5.76. The molecule has 0 unspecified atom stereocenters. The van der Waals surface area contributed by atoms with Crippen LogP contribution in [-0.4, -0.2) is 35.4 Å². The van der Waals surface area contributed by atoms with E-state index in [9.17, 15) is 10.1 Å². The molecule has 76 valence electrons. The van der Waals surface area contributed by atoms with Crippen LogP contribution in [-0.2, 0) is 0 Å². The molecule has 1 heterocycles. The number of hydrogen-bond acceptors (Lipinski definition) is 5. The molecule has 8 nitrogen and oxygen atoms in total. The fourth-order valence-corrected chi connectivity index (χ4v) is 0.808. The predicted octanol–water partition coefficient (Wildman–Crippen LogP) is -1.10. The highest BCUT2D eigenvalue weighted by Crippen LogP contribution is 1.94. The van der Waals surface area contributed by atoms with Gasteiger partial charge in [0.2, 0.25) is 0 Å². The first-order valence-corrected chi connectivity index (χ1v) is 3.80. The van der Waals surface area contributed by atoms with Gasteiger partial charge in [-0.3, -0.25) is 4.99 Å². The van der Waals surface area contributed by atoms with Crippen molar-refractivity contribution in [1.29, 1.82) is 0 Å². The number of aliphatic imine (C=N–C) groups is 2. The second-order valence-electron chi connectivity index (χ2n) is 2.46. The Hall–Kier alpha value is -2.12. The Bertz CT molecular complexity index is 297. The molecule has 14 heavy (non-hydrogen) atoms. The summed E-state index contributed by atoms with van der Waals surface area (Å²) in [5.41, 5.74) is 6.94. The van der Waals surface area contributed by atoms with Gasteiger partial charge in [-0.1, -0.05) is 5.43 Å². The topological polar surface area (TPSA) is 109 Å². The Balaban J connectivity index is 2.34. The van der Waals surface area contributed by atoms with E-state index in [0.717, 1.165) is 0 Å². The van der Waals surface area contributed by atoms with E-state index in [1.807, 2.05) is 0 Å². The number of guanidine groups is 1.